The molecule has 0 radical (unpaired) electrons. The first-order valence-corrected chi connectivity index (χ1v) is 12.3. The molecule has 2 aromatic heterocycles. The lowest BCUT2D eigenvalue weighted by atomic mass is 9.92. The molecule has 1 saturated carbocycles. The van der Waals surface area contributed by atoms with E-state index in [1.165, 1.54) is 24.0 Å². The Kier molecular flexibility index (Phi) is 5.19. The molecule has 2 aliphatic rings. The van der Waals surface area contributed by atoms with E-state index in [-0.39, 0.29) is 23.1 Å². The molecule has 1 aliphatic heterocycles. The fourth-order valence-electron chi connectivity index (χ4n) is 4.90. The van der Waals surface area contributed by atoms with Gasteiger partial charge < -0.3 is 4.74 Å². The van der Waals surface area contributed by atoms with Gasteiger partial charge in [-0.2, -0.15) is 0 Å². The first-order chi connectivity index (χ1) is 16.6. The number of aromatic nitrogens is 2. The summed E-state index contributed by atoms with van der Waals surface area (Å²) in [6.45, 7) is 1.91. The van der Waals surface area contributed by atoms with Gasteiger partial charge in [0.05, 0.1) is 28.9 Å². The van der Waals surface area contributed by atoms with Crippen molar-refractivity contribution in [2.75, 3.05) is 20.2 Å². The zero-order chi connectivity index (χ0) is 23.3. The van der Waals surface area contributed by atoms with E-state index in [1.54, 1.807) is 6.07 Å². The minimum Gasteiger partial charge on any atom is -0.469 e. The lowest BCUT2D eigenvalue weighted by Gasteiger charge is -2.37. The molecular weight excluding hydrogens is 449 g/mol. The van der Waals surface area contributed by atoms with Crippen LogP contribution < -0.4 is 0 Å². The normalized spacial score (nSPS) is 17.5. The molecule has 0 N–H and O–H groups in total. The van der Waals surface area contributed by atoms with Crippen molar-refractivity contribution in [3.8, 4) is 10.6 Å². The van der Waals surface area contributed by atoms with Crippen LogP contribution in [0.4, 0.5) is 4.39 Å². The summed E-state index contributed by atoms with van der Waals surface area (Å²) in [6.07, 6.45) is 4.04. The van der Waals surface area contributed by atoms with Crippen LogP contribution in [-0.4, -0.2) is 41.0 Å². The smallest absolute Gasteiger partial charge is 0.311 e. The van der Waals surface area contributed by atoms with E-state index < -0.39 is 0 Å². The zero-order valence-electron chi connectivity index (χ0n) is 18.8. The standard InChI is InChI=1S/C27H24FN3O2S/c1-33-26(32)18-15-31(16-18)14-17-5-7-20(21(28)12-17)25-30-22-8-6-19(13-23(22)34-25)27(9-10-27)24-4-2-3-11-29-24/h2-8,11-13,18H,9-10,14-16H2,1H3. The molecule has 1 aliphatic carbocycles. The molecule has 0 atom stereocenters. The summed E-state index contributed by atoms with van der Waals surface area (Å²) in [4.78, 5) is 23.0. The van der Waals surface area contributed by atoms with Crippen LogP contribution in [0, 0.1) is 11.7 Å². The van der Waals surface area contributed by atoms with Crippen LogP contribution in [0.5, 0.6) is 0 Å². The van der Waals surface area contributed by atoms with Crippen molar-refractivity contribution in [1.29, 1.82) is 0 Å². The number of hydrogen-bond donors (Lipinski definition) is 0. The first-order valence-electron chi connectivity index (χ1n) is 11.5. The maximum absolute atomic E-state index is 15.1. The van der Waals surface area contributed by atoms with Crippen LogP contribution >= 0.6 is 11.3 Å². The SMILES string of the molecule is COC(=O)C1CN(Cc2ccc(-c3nc4ccc(C5(c6ccccn6)CC5)cc4s3)c(F)c2)C1. The van der Waals surface area contributed by atoms with Gasteiger partial charge in [-0.25, -0.2) is 9.37 Å². The third-order valence-electron chi connectivity index (χ3n) is 7.01. The average molecular weight is 474 g/mol. The lowest BCUT2D eigenvalue weighted by molar-refractivity contribution is -0.151. The van der Waals surface area contributed by atoms with Crippen LogP contribution in [0.15, 0.2) is 60.8 Å². The Labute approximate surface area is 201 Å². The molecule has 34 heavy (non-hydrogen) atoms. The summed E-state index contributed by atoms with van der Waals surface area (Å²) >= 11 is 1.53. The second-order valence-corrected chi connectivity index (χ2v) is 10.3. The van der Waals surface area contributed by atoms with Crippen molar-refractivity contribution in [1.82, 2.24) is 14.9 Å². The van der Waals surface area contributed by atoms with Crippen molar-refractivity contribution < 1.29 is 13.9 Å². The number of thiazole rings is 1. The van der Waals surface area contributed by atoms with E-state index in [2.05, 4.69) is 28.1 Å². The number of ether oxygens (including phenoxy) is 1. The Morgan fingerprint density at radius 1 is 1.18 bits per heavy atom. The fourth-order valence-corrected chi connectivity index (χ4v) is 5.94. The molecule has 2 aromatic carbocycles. The number of pyridine rings is 1. The van der Waals surface area contributed by atoms with E-state index in [4.69, 9.17) is 9.72 Å². The van der Waals surface area contributed by atoms with E-state index in [0.717, 1.165) is 34.3 Å². The van der Waals surface area contributed by atoms with Crippen LogP contribution in [-0.2, 0) is 21.5 Å². The topological polar surface area (TPSA) is 55.3 Å². The fraction of sp³-hybridized carbons (Fsp3) is 0.296. The van der Waals surface area contributed by atoms with Gasteiger partial charge in [0.25, 0.3) is 0 Å². The van der Waals surface area contributed by atoms with Gasteiger partial charge in [-0.15, -0.1) is 11.3 Å². The number of hydrogen-bond acceptors (Lipinski definition) is 6. The largest absolute Gasteiger partial charge is 0.469 e. The van der Waals surface area contributed by atoms with Gasteiger partial charge >= 0.3 is 5.97 Å². The summed E-state index contributed by atoms with van der Waals surface area (Å²) in [7, 11) is 1.41. The van der Waals surface area contributed by atoms with Gasteiger partial charge in [-0.3, -0.25) is 14.7 Å². The molecule has 1 saturated heterocycles. The predicted molar refractivity (Wildman–Crippen MR) is 130 cm³/mol. The van der Waals surface area contributed by atoms with Gasteiger partial charge in [-0.05, 0) is 60.4 Å². The number of halogens is 1. The van der Waals surface area contributed by atoms with Gasteiger partial charge in [0.15, 0.2) is 0 Å². The maximum Gasteiger partial charge on any atom is 0.311 e. The number of methoxy groups -OCH3 is 1. The van der Waals surface area contributed by atoms with Crippen molar-refractivity contribution in [2.24, 2.45) is 5.92 Å². The first kappa shape index (κ1) is 21.4. The third kappa shape index (κ3) is 3.69. The molecule has 6 rings (SSSR count). The maximum atomic E-state index is 15.1. The average Bonchev–Trinajstić information content (AvgIpc) is 3.54. The second-order valence-electron chi connectivity index (χ2n) is 9.23. The Hall–Kier alpha value is -3.16. The van der Waals surface area contributed by atoms with Crippen LogP contribution in [0.2, 0.25) is 0 Å². The molecule has 2 fully saturated rings. The molecule has 5 nitrogen and oxygen atoms in total. The highest BCUT2D eigenvalue weighted by Gasteiger charge is 2.47. The summed E-state index contributed by atoms with van der Waals surface area (Å²) in [6, 6.07) is 17.8. The van der Waals surface area contributed by atoms with Crippen LogP contribution in [0.3, 0.4) is 0 Å². The van der Waals surface area contributed by atoms with E-state index in [0.29, 0.717) is 30.2 Å². The quantitative estimate of drug-likeness (QED) is 0.361. The predicted octanol–water partition coefficient (Wildman–Crippen LogP) is 5.18. The Morgan fingerprint density at radius 3 is 2.74 bits per heavy atom. The summed E-state index contributed by atoms with van der Waals surface area (Å²) in [5.74, 6) is -0.521. The van der Waals surface area contributed by atoms with Gasteiger partial charge in [0.2, 0.25) is 0 Å². The number of carbonyl (C=O) groups excluding carboxylic acids is 1. The summed E-state index contributed by atoms with van der Waals surface area (Å²) < 4.78 is 20.9. The Balaban J connectivity index is 1.22. The van der Waals surface area contributed by atoms with Gasteiger partial charge in [-0.1, -0.05) is 18.2 Å². The molecule has 0 unspecified atom stereocenters. The number of esters is 1. The molecule has 172 valence electrons. The van der Waals surface area contributed by atoms with Crippen molar-refractivity contribution >= 4 is 27.5 Å². The van der Waals surface area contributed by atoms with Crippen molar-refractivity contribution in [3.05, 3.63) is 83.4 Å². The van der Waals surface area contributed by atoms with Crippen LogP contribution in [0.25, 0.3) is 20.8 Å². The summed E-state index contributed by atoms with van der Waals surface area (Å²) in [5.41, 5.74) is 4.66. The number of benzene rings is 2. The molecule has 0 spiro atoms. The van der Waals surface area contributed by atoms with E-state index >= 15 is 4.39 Å². The molecule has 7 heteroatoms. The Morgan fingerprint density at radius 2 is 2.03 bits per heavy atom. The number of carbonyl (C=O) groups is 1. The monoisotopic (exact) mass is 473 g/mol. The van der Waals surface area contributed by atoms with Gasteiger partial charge in [0.1, 0.15) is 10.8 Å². The Bertz CT molecular complexity index is 1380. The highest BCUT2D eigenvalue weighted by molar-refractivity contribution is 7.21. The minimum absolute atomic E-state index is 0.00374. The van der Waals surface area contributed by atoms with Crippen molar-refractivity contribution in [2.45, 2.75) is 24.8 Å². The zero-order valence-corrected chi connectivity index (χ0v) is 19.6. The summed E-state index contributed by atoms with van der Waals surface area (Å²) in [5, 5.41) is 0.689. The number of fused-ring (bicyclic) bond motifs is 1. The second kappa shape index (κ2) is 8.25. The van der Waals surface area contributed by atoms with Crippen LogP contribution in [0.1, 0.15) is 29.7 Å². The number of nitrogens with zero attached hydrogens (tertiary/aromatic N) is 3. The lowest BCUT2D eigenvalue weighted by Crippen LogP contribution is -2.49. The highest BCUT2D eigenvalue weighted by atomic mass is 32.1. The molecule has 4 aromatic rings. The molecule has 0 bridgehead atoms. The van der Waals surface area contributed by atoms with E-state index in [1.807, 2.05) is 36.5 Å². The highest BCUT2D eigenvalue weighted by Crippen LogP contribution is 2.53. The molecular formula is C27H24FN3O2S. The molecule has 0 amide bonds. The number of likely N-dealkylation sites (tertiary alicyclic amines) is 1. The third-order valence-corrected chi connectivity index (χ3v) is 8.06. The molecule has 3 heterocycles. The number of rotatable bonds is 6. The van der Waals surface area contributed by atoms with Crippen molar-refractivity contribution in [3.63, 3.8) is 0 Å². The minimum atomic E-state index is -0.269. The van der Waals surface area contributed by atoms with E-state index in [9.17, 15) is 4.79 Å². The van der Waals surface area contributed by atoms with Gasteiger partial charge in [0, 0.05) is 36.8 Å².